The lowest BCUT2D eigenvalue weighted by Crippen LogP contribution is -2.30. The van der Waals surface area contributed by atoms with Gasteiger partial charge in [0.2, 0.25) is 0 Å². The van der Waals surface area contributed by atoms with Gasteiger partial charge in [-0.3, -0.25) is 9.36 Å². The van der Waals surface area contributed by atoms with E-state index >= 15 is 0 Å². The van der Waals surface area contributed by atoms with Gasteiger partial charge in [0.1, 0.15) is 11.8 Å². The second kappa shape index (κ2) is 10.5. The number of aliphatic carboxylic acids is 2. The van der Waals surface area contributed by atoms with Crippen molar-refractivity contribution in [3.05, 3.63) is 28.2 Å². The van der Waals surface area contributed by atoms with Crippen LogP contribution in [0, 0.1) is 0 Å². The Morgan fingerprint density at radius 2 is 1.92 bits per heavy atom. The molecule has 1 rings (SSSR count). The quantitative estimate of drug-likeness (QED) is 0.507. The largest absolute Gasteiger partial charge is 0.480 e. The molecule has 0 bridgehead atoms. The number of rotatable bonds is 7. The number of benzene rings is 1. The number of carboxylic acid groups (broad SMARTS) is 2. The maximum atomic E-state index is 10.6. The standard InChI is InChI=1S/C8H6Cl2O3.C5H12NO4P/c9-5-1-2-7(6(10)3-5)13-4-8(11)12;1-11(9,10)3-2-4(6)5(7)8/h1-3H,4H2,(H,11,12);4H,2-3,6H2,1H3,(H,7,8)(H,9,10). The molecule has 2 atom stereocenters. The van der Waals surface area contributed by atoms with E-state index in [0.717, 1.165) is 0 Å². The van der Waals surface area contributed by atoms with Crippen LogP contribution >= 0.6 is 30.6 Å². The van der Waals surface area contributed by atoms with Gasteiger partial charge in [0, 0.05) is 17.8 Å². The van der Waals surface area contributed by atoms with Crippen molar-refractivity contribution in [2.45, 2.75) is 12.5 Å². The Morgan fingerprint density at radius 1 is 1.33 bits per heavy atom. The molecule has 0 aliphatic carbocycles. The number of carbonyl (C=O) groups is 2. The number of halogens is 2. The molecule has 0 heterocycles. The van der Waals surface area contributed by atoms with Crippen LogP contribution in [-0.4, -0.2) is 52.5 Å². The van der Waals surface area contributed by atoms with Gasteiger partial charge in [0.15, 0.2) is 14.0 Å². The SMILES string of the molecule is CP(=O)(O)CCC(N)C(=O)O.O=C(O)COc1ccc(Cl)cc1Cl. The molecule has 24 heavy (non-hydrogen) atoms. The Labute approximate surface area is 148 Å². The first-order chi connectivity index (χ1) is 10.9. The Bertz CT molecular complexity index is 620. The van der Waals surface area contributed by atoms with Crippen LogP contribution in [0.5, 0.6) is 5.75 Å². The summed E-state index contributed by atoms with van der Waals surface area (Å²) >= 11 is 11.3. The van der Waals surface area contributed by atoms with E-state index < -0.39 is 32.0 Å². The highest BCUT2D eigenvalue weighted by molar-refractivity contribution is 7.57. The second-order valence-corrected chi connectivity index (χ2v) is 8.16. The molecular formula is C13H18Cl2NO7P. The lowest BCUT2D eigenvalue weighted by molar-refractivity contribution is -0.139. The number of hydrogen-bond acceptors (Lipinski definition) is 5. The summed E-state index contributed by atoms with van der Waals surface area (Å²) in [5, 5.41) is 17.4. The molecule has 0 fully saturated rings. The van der Waals surface area contributed by atoms with Crippen LogP contribution < -0.4 is 10.5 Å². The molecule has 11 heteroatoms. The van der Waals surface area contributed by atoms with Crippen LogP contribution in [0.1, 0.15) is 6.42 Å². The molecule has 0 aliphatic heterocycles. The van der Waals surface area contributed by atoms with Crippen molar-refractivity contribution in [1.82, 2.24) is 0 Å². The summed E-state index contributed by atoms with van der Waals surface area (Å²) in [5.41, 5.74) is 5.09. The summed E-state index contributed by atoms with van der Waals surface area (Å²) in [6.45, 7) is 0.767. The molecule has 0 saturated heterocycles. The monoisotopic (exact) mass is 401 g/mol. The average Bonchev–Trinajstić information content (AvgIpc) is 2.43. The van der Waals surface area contributed by atoms with Gasteiger partial charge < -0.3 is 25.6 Å². The van der Waals surface area contributed by atoms with Gasteiger partial charge in [-0.25, -0.2) is 4.79 Å². The zero-order valence-corrected chi connectivity index (χ0v) is 15.1. The van der Waals surface area contributed by atoms with Gasteiger partial charge in [0.25, 0.3) is 0 Å². The van der Waals surface area contributed by atoms with Gasteiger partial charge in [-0.15, -0.1) is 0 Å². The Morgan fingerprint density at radius 3 is 2.33 bits per heavy atom. The lowest BCUT2D eigenvalue weighted by atomic mass is 10.2. The Balaban J connectivity index is 0.000000449. The molecule has 1 aromatic rings. The molecule has 5 N–H and O–H groups in total. The normalized spacial score (nSPS) is 13.9. The number of hydrogen-bond donors (Lipinski definition) is 4. The summed E-state index contributed by atoms with van der Waals surface area (Å²) in [6, 6.07) is 3.55. The molecule has 1 aromatic carbocycles. The van der Waals surface area contributed by atoms with E-state index in [1.165, 1.54) is 18.8 Å². The van der Waals surface area contributed by atoms with Crippen molar-refractivity contribution in [3.8, 4) is 5.75 Å². The van der Waals surface area contributed by atoms with Crippen molar-refractivity contribution < 1.29 is 34.0 Å². The molecular weight excluding hydrogens is 384 g/mol. The molecule has 0 spiro atoms. The van der Waals surface area contributed by atoms with E-state index in [1.54, 1.807) is 6.07 Å². The van der Waals surface area contributed by atoms with Crippen LogP contribution in [0.4, 0.5) is 0 Å². The third-order valence-corrected chi connectivity index (χ3v) is 4.04. The van der Waals surface area contributed by atoms with Gasteiger partial charge in [-0.05, 0) is 24.6 Å². The third-order valence-electron chi connectivity index (χ3n) is 2.42. The summed E-state index contributed by atoms with van der Waals surface area (Å²) in [7, 11) is -3.10. The van der Waals surface area contributed by atoms with Crippen molar-refractivity contribution in [1.29, 1.82) is 0 Å². The van der Waals surface area contributed by atoms with Crippen molar-refractivity contribution in [3.63, 3.8) is 0 Å². The topological polar surface area (TPSA) is 147 Å². The summed E-state index contributed by atoms with van der Waals surface area (Å²) in [5.74, 6) is -1.88. The van der Waals surface area contributed by atoms with E-state index in [0.29, 0.717) is 15.8 Å². The van der Waals surface area contributed by atoms with Gasteiger partial charge >= 0.3 is 11.9 Å². The maximum Gasteiger partial charge on any atom is 0.341 e. The Kier molecular flexibility index (Phi) is 9.96. The van der Waals surface area contributed by atoms with E-state index in [-0.39, 0.29) is 12.6 Å². The maximum absolute atomic E-state index is 10.6. The van der Waals surface area contributed by atoms with Crippen LogP contribution in [0.25, 0.3) is 0 Å². The van der Waals surface area contributed by atoms with Crippen molar-refractivity contribution in [2.75, 3.05) is 19.4 Å². The average molecular weight is 402 g/mol. The first-order valence-electron chi connectivity index (χ1n) is 6.49. The second-order valence-electron chi connectivity index (χ2n) is 4.77. The summed E-state index contributed by atoms with van der Waals surface area (Å²) in [4.78, 5) is 29.0. The van der Waals surface area contributed by atoms with E-state index in [2.05, 4.69) is 0 Å². The molecule has 2 unspecified atom stereocenters. The minimum atomic E-state index is -3.10. The predicted octanol–water partition coefficient (Wildman–Crippen LogP) is 2.15. The highest BCUT2D eigenvalue weighted by Crippen LogP contribution is 2.35. The summed E-state index contributed by atoms with van der Waals surface area (Å²) in [6.07, 6.45) is 0.0000772. The minimum Gasteiger partial charge on any atom is -0.480 e. The third kappa shape index (κ3) is 11.3. The minimum absolute atomic E-state index is 0.0412. The van der Waals surface area contributed by atoms with Crippen LogP contribution in [0.2, 0.25) is 10.0 Å². The van der Waals surface area contributed by atoms with Crippen LogP contribution in [-0.2, 0) is 14.2 Å². The number of nitrogens with two attached hydrogens (primary N) is 1. The van der Waals surface area contributed by atoms with Crippen LogP contribution in [0.3, 0.4) is 0 Å². The van der Waals surface area contributed by atoms with E-state index in [9.17, 15) is 14.2 Å². The number of ether oxygens (including phenoxy) is 1. The highest BCUT2D eigenvalue weighted by atomic mass is 35.5. The van der Waals surface area contributed by atoms with Crippen molar-refractivity contribution >= 4 is 42.5 Å². The van der Waals surface area contributed by atoms with Crippen molar-refractivity contribution in [2.24, 2.45) is 5.73 Å². The van der Waals surface area contributed by atoms with Crippen LogP contribution in [0.15, 0.2) is 18.2 Å². The molecule has 136 valence electrons. The predicted molar refractivity (Wildman–Crippen MR) is 90.4 cm³/mol. The van der Waals surface area contributed by atoms with Gasteiger partial charge in [-0.2, -0.15) is 0 Å². The smallest absolute Gasteiger partial charge is 0.341 e. The molecule has 0 amide bonds. The van der Waals surface area contributed by atoms with Gasteiger partial charge in [0.05, 0.1) is 5.02 Å². The number of carboxylic acids is 2. The molecule has 8 nitrogen and oxygen atoms in total. The first kappa shape index (κ1) is 22.7. The molecule has 0 aliphatic rings. The fourth-order valence-electron chi connectivity index (χ4n) is 1.23. The fraction of sp³-hybridized carbons (Fsp3) is 0.385. The molecule has 0 radical (unpaired) electrons. The molecule has 0 saturated carbocycles. The highest BCUT2D eigenvalue weighted by Gasteiger charge is 2.16. The Hall–Kier alpha value is -1.31. The lowest BCUT2D eigenvalue weighted by Gasteiger charge is -2.07. The fourth-order valence-corrected chi connectivity index (χ4v) is 2.45. The molecule has 0 aromatic heterocycles. The summed E-state index contributed by atoms with van der Waals surface area (Å²) < 4.78 is 15.5. The van der Waals surface area contributed by atoms with E-state index in [1.807, 2.05) is 0 Å². The zero-order valence-electron chi connectivity index (χ0n) is 12.7. The van der Waals surface area contributed by atoms with E-state index in [4.69, 9.17) is 48.8 Å². The zero-order chi connectivity index (χ0) is 18.9. The first-order valence-corrected chi connectivity index (χ1v) is 9.54. The van der Waals surface area contributed by atoms with Gasteiger partial charge in [-0.1, -0.05) is 23.2 Å².